The summed E-state index contributed by atoms with van der Waals surface area (Å²) in [4.78, 5) is 42.9. The molecule has 2 atom stereocenters. The molecule has 1 aromatic carbocycles. The molecule has 0 bridgehead atoms. The molecule has 0 spiro atoms. The van der Waals surface area contributed by atoms with E-state index in [4.69, 9.17) is 15.0 Å². The molecule has 2 heterocycles. The molecule has 1 aromatic heterocycles. The molecule has 1 aliphatic rings. The first-order chi connectivity index (χ1) is 17.8. The van der Waals surface area contributed by atoms with Crippen LogP contribution in [0.4, 0.5) is 0 Å². The standard InChI is InChI=1S/C27H35N5O4S/c1-4-6-24(33)30-21(14-25-31-20-8-7-18(5-2)13-23(20)37-25)27(35)32-22(19-9-11-36-12-10-19)16-29-26(34)17(3)15-28/h7-8,13,19,21-22H,3-6,9-12,14,16H2,1-2H3,(H,29,34)(H,30,33)(H,32,35)/t21-,22+/m0/s1. The van der Waals surface area contributed by atoms with Crippen LogP contribution in [0, 0.1) is 17.2 Å². The summed E-state index contributed by atoms with van der Waals surface area (Å²) in [6, 6.07) is 6.69. The SMILES string of the molecule is C=C(C#N)C(=O)NC[C@@H](NC(=O)[C@H](Cc1nc2ccc(CC)cc2s1)NC(=O)CCC)C1CCOCC1. The van der Waals surface area contributed by atoms with Crippen LogP contribution in [0.5, 0.6) is 0 Å². The van der Waals surface area contributed by atoms with Crippen molar-refractivity contribution in [2.24, 2.45) is 5.92 Å². The first-order valence-electron chi connectivity index (χ1n) is 12.8. The maximum Gasteiger partial charge on any atom is 0.261 e. The molecule has 3 amide bonds. The van der Waals surface area contributed by atoms with Crippen LogP contribution < -0.4 is 16.0 Å². The highest BCUT2D eigenvalue weighted by molar-refractivity contribution is 7.18. The molecular formula is C27H35N5O4S. The number of nitrogens with one attached hydrogen (secondary N) is 3. The molecular weight excluding hydrogens is 490 g/mol. The van der Waals surface area contributed by atoms with E-state index in [1.165, 1.54) is 16.9 Å². The molecule has 0 aliphatic carbocycles. The Kier molecular flexibility index (Phi) is 10.6. The summed E-state index contributed by atoms with van der Waals surface area (Å²) in [5, 5.41) is 18.3. The quantitative estimate of drug-likeness (QED) is 0.288. The van der Waals surface area contributed by atoms with Gasteiger partial charge in [-0.3, -0.25) is 14.4 Å². The van der Waals surface area contributed by atoms with Crippen molar-refractivity contribution in [3.8, 4) is 6.07 Å². The number of benzene rings is 1. The van der Waals surface area contributed by atoms with Crippen molar-refractivity contribution in [3.63, 3.8) is 0 Å². The van der Waals surface area contributed by atoms with Crippen LogP contribution in [0.2, 0.25) is 0 Å². The monoisotopic (exact) mass is 525 g/mol. The molecule has 10 heteroatoms. The molecule has 3 rings (SSSR count). The van der Waals surface area contributed by atoms with Gasteiger partial charge in [-0.25, -0.2) is 4.98 Å². The first kappa shape index (κ1) is 28.3. The van der Waals surface area contributed by atoms with E-state index < -0.39 is 11.9 Å². The molecule has 2 aromatic rings. The zero-order chi connectivity index (χ0) is 26.8. The summed E-state index contributed by atoms with van der Waals surface area (Å²) in [5.74, 6) is -1.01. The number of carbonyl (C=O) groups is 3. The van der Waals surface area contributed by atoms with Gasteiger partial charge < -0.3 is 20.7 Å². The predicted octanol–water partition coefficient (Wildman–Crippen LogP) is 2.79. The third-order valence-electron chi connectivity index (χ3n) is 6.47. The number of nitrogens with zero attached hydrogens (tertiary/aromatic N) is 2. The van der Waals surface area contributed by atoms with Crippen LogP contribution in [-0.4, -0.2) is 54.5 Å². The van der Waals surface area contributed by atoms with Crippen molar-refractivity contribution in [2.75, 3.05) is 19.8 Å². The minimum atomic E-state index is -0.808. The second kappa shape index (κ2) is 13.9. The van der Waals surface area contributed by atoms with Gasteiger partial charge in [0, 0.05) is 38.6 Å². The van der Waals surface area contributed by atoms with Gasteiger partial charge in [0.15, 0.2) is 0 Å². The van der Waals surface area contributed by atoms with Gasteiger partial charge in [0.1, 0.15) is 17.7 Å². The lowest BCUT2D eigenvalue weighted by Crippen LogP contribution is -2.55. The maximum atomic E-state index is 13.5. The van der Waals surface area contributed by atoms with Crippen molar-refractivity contribution in [3.05, 3.63) is 40.9 Å². The van der Waals surface area contributed by atoms with Gasteiger partial charge in [0.05, 0.1) is 15.2 Å². The topological polar surface area (TPSA) is 133 Å². The van der Waals surface area contributed by atoms with Gasteiger partial charge in [-0.05, 0) is 49.3 Å². The highest BCUT2D eigenvalue weighted by atomic mass is 32.1. The number of aromatic nitrogens is 1. The number of aryl methyl sites for hydroxylation is 1. The third-order valence-corrected chi connectivity index (χ3v) is 7.51. The number of nitriles is 1. The van der Waals surface area contributed by atoms with Crippen LogP contribution in [0.25, 0.3) is 10.2 Å². The molecule has 0 saturated carbocycles. The van der Waals surface area contributed by atoms with E-state index in [-0.39, 0.29) is 42.3 Å². The number of thiazole rings is 1. The Labute approximate surface area is 221 Å². The summed E-state index contributed by atoms with van der Waals surface area (Å²) in [6.07, 6.45) is 3.63. The van der Waals surface area contributed by atoms with E-state index in [1.54, 1.807) is 6.07 Å². The molecule has 0 unspecified atom stereocenters. The van der Waals surface area contributed by atoms with E-state index >= 15 is 0 Å². The van der Waals surface area contributed by atoms with E-state index in [1.807, 2.05) is 19.1 Å². The lowest BCUT2D eigenvalue weighted by molar-refractivity contribution is -0.130. The van der Waals surface area contributed by atoms with E-state index in [9.17, 15) is 14.4 Å². The fourth-order valence-corrected chi connectivity index (χ4v) is 5.37. The van der Waals surface area contributed by atoms with Crippen LogP contribution in [0.15, 0.2) is 30.4 Å². The fraction of sp³-hybridized carbons (Fsp3) is 0.519. The second-order valence-corrected chi connectivity index (χ2v) is 10.3. The summed E-state index contributed by atoms with van der Waals surface area (Å²) in [6.45, 7) is 8.73. The molecule has 1 saturated heterocycles. The van der Waals surface area contributed by atoms with E-state index in [2.05, 4.69) is 35.5 Å². The molecule has 198 valence electrons. The van der Waals surface area contributed by atoms with Crippen LogP contribution >= 0.6 is 11.3 Å². The second-order valence-electron chi connectivity index (χ2n) is 9.20. The average Bonchev–Trinajstić information content (AvgIpc) is 3.31. The van der Waals surface area contributed by atoms with Crippen molar-refractivity contribution in [2.45, 2.75) is 64.5 Å². The van der Waals surface area contributed by atoms with E-state index in [0.29, 0.717) is 26.1 Å². The zero-order valence-electron chi connectivity index (χ0n) is 21.5. The Morgan fingerprint density at radius 2 is 2.00 bits per heavy atom. The summed E-state index contributed by atoms with van der Waals surface area (Å²) < 4.78 is 6.52. The number of hydrogen-bond acceptors (Lipinski definition) is 7. The van der Waals surface area contributed by atoms with Crippen molar-refractivity contribution in [1.29, 1.82) is 5.26 Å². The van der Waals surface area contributed by atoms with Crippen molar-refractivity contribution < 1.29 is 19.1 Å². The highest BCUT2D eigenvalue weighted by Crippen LogP contribution is 2.25. The molecule has 9 nitrogen and oxygen atoms in total. The van der Waals surface area contributed by atoms with Crippen molar-refractivity contribution >= 4 is 39.3 Å². The van der Waals surface area contributed by atoms with Crippen LogP contribution in [0.1, 0.15) is 50.1 Å². The molecule has 1 aliphatic heterocycles. The Morgan fingerprint density at radius 1 is 1.24 bits per heavy atom. The third kappa shape index (κ3) is 8.10. The number of fused-ring (bicyclic) bond motifs is 1. The smallest absolute Gasteiger partial charge is 0.261 e. The molecule has 37 heavy (non-hydrogen) atoms. The summed E-state index contributed by atoms with van der Waals surface area (Å²) in [7, 11) is 0. The number of rotatable bonds is 12. The van der Waals surface area contributed by atoms with Gasteiger partial charge in [-0.2, -0.15) is 5.26 Å². The minimum absolute atomic E-state index is 0.0789. The Morgan fingerprint density at radius 3 is 2.68 bits per heavy atom. The highest BCUT2D eigenvalue weighted by Gasteiger charge is 2.30. The zero-order valence-corrected chi connectivity index (χ0v) is 22.3. The molecule has 0 radical (unpaired) electrons. The maximum absolute atomic E-state index is 13.5. The molecule has 3 N–H and O–H groups in total. The number of carbonyl (C=O) groups excluding carboxylic acids is 3. The van der Waals surface area contributed by atoms with Crippen LogP contribution in [-0.2, 0) is 32.0 Å². The van der Waals surface area contributed by atoms with Gasteiger partial charge in [-0.1, -0.05) is 26.5 Å². The predicted molar refractivity (Wildman–Crippen MR) is 143 cm³/mol. The van der Waals surface area contributed by atoms with Gasteiger partial charge in [0.25, 0.3) is 5.91 Å². The van der Waals surface area contributed by atoms with Crippen molar-refractivity contribution in [1.82, 2.24) is 20.9 Å². The summed E-state index contributed by atoms with van der Waals surface area (Å²) in [5.41, 5.74) is 1.90. The Balaban J connectivity index is 1.78. The van der Waals surface area contributed by atoms with E-state index in [0.717, 1.165) is 34.5 Å². The fourth-order valence-electron chi connectivity index (χ4n) is 4.30. The lowest BCUT2D eigenvalue weighted by Gasteiger charge is -2.32. The normalized spacial score (nSPS) is 15.4. The number of ether oxygens (including phenoxy) is 1. The molecule has 1 fully saturated rings. The number of amides is 3. The van der Waals surface area contributed by atoms with Gasteiger partial charge in [-0.15, -0.1) is 11.3 Å². The summed E-state index contributed by atoms with van der Waals surface area (Å²) >= 11 is 1.52. The average molecular weight is 526 g/mol. The van der Waals surface area contributed by atoms with Gasteiger partial charge >= 0.3 is 0 Å². The van der Waals surface area contributed by atoms with Crippen LogP contribution in [0.3, 0.4) is 0 Å². The van der Waals surface area contributed by atoms with Gasteiger partial charge in [0.2, 0.25) is 11.8 Å². The first-order valence-corrected chi connectivity index (χ1v) is 13.6. The lowest BCUT2D eigenvalue weighted by atomic mass is 9.91. The Hall–Kier alpha value is -3.29. The Bertz CT molecular complexity index is 1170. The largest absolute Gasteiger partial charge is 0.381 e. The minimum Gasteiger partial charge on any atom is -0.381 e. The number of hydrogen-bond donors (Lipinski definition) is 3.